The van der Waals surface area contributed by atoms with Gasteiger partial charge < -0.3 is 11.1 Å². The Morgan fingerprint density at radius 2 is 2.18 bits per heavy atom. The van der Waals surface area contributed by atoms with Crippen LogP contribution in [-0.4, -0.2) is 16.1 Å². The highest BCUT2D eigenvalue weighted by atomic mass is 16.1. The van der Waals surface area contributed by atoms with Crippen molar-refractivity contribution in [3.8, 4) is 11.3 Å². The van der Waals surface area contributed by atoms with Gasteiger partial charge in [-0.3, -0.25) is 9.89 Å². The molecule has 2 heterocycles. The second kappa shape index (κ2) is 3.62. The van der Waals surface area contributed by atoms with E-state index in [9.17, 15) is 4.79 Å². The molecule has 17 heavy (non-hydrogen) atoms. The number of carbonyl (C=O) groups excluding carboxylic acids is 1. The van der Waals surface area contributed by atoms with Crippen LogP contribution in [-0.2, 0) is 11.2 Å². The van der Waals surface area contributed by atoms with E-state index in [1.165, 1.54) is 0 Å². The summed E-state index contributed by atoms with van der Waals surface area (Å²) < 4.78 is 0. The number of benzene rings is 1. The summed E-state index contributed by atoms with van der Waals surface area (Å²) >= 11 is 0. The maximum Gasteiger partial charge on any atom is 0.224 e. The molecule has 0 fully saturated rings. The average molecular weight is 228 g/mol. The quantitative estimate of drug-likeness (QED) is 0.692. The van der Waals surface area contributed by atoms with Gasteiger partial charge in [0, 0.05) is 18.1 Å². The van der Waals surface area contributed by atoms with Crippen molar-refractivity contribution in [1.82, 2.24) is 10.2 Å². The lowest BCUT2D eigenvalue weighted by atomic mass is 9.97. The first-order valence-electron chi connectivity index (χ1n) is 5.47. The van der Waals surface area contributed by atoms with Crippen LogP contribution in [0.25, 0.3) is 11.3 Å². The van der Waals surface area contributed by atoms with Gasteiger partial charge in [0.05, 0.1) is 11.4 Å². The van der Waals surface area contributed by atoms with Gasteiger partial charge in [0.15, 0.2) is 0 Å². The van der Waals surface area contributed by atoms with E-state index in [0.29, 0.717) is 12.2 Å². The van der Waals surface area contributed by atoms with Gasteiger partial charge in [-0.05, 0) is 12.0 Å². The van der Waals surface area contributed by atoms with E-state index in [2.05, 4.69) is 15.5 Å². The van der Waals surface area contributed by atoms with Crippen LogP contribution < -0.4 is 11.1 Å². The number of carbonyl (C=O) groups is 1. The number of nitrogens with two attached hydrogens (primary N) is 1. The van der Waals surface area contributed by atoms with Gasteiger partial charge in [-0.25, -0.2) is 0 Å². The Labute approximate surface area is 98.0 Å². The van der Waals surface area contributed by atoms with E-state index in [1.54, 1.807) is 6.07 Å². The molecule has 1 aromatic heterocycles. The zero-order valence-corrected chi connectivity index (χ0v) is 9.16. The summed E-state index contributed by atoms with van der Waals surface area (Å²) in [6, 6.07) is 7.70. The Morgan fingerprint density at radius 3 is 2.94 bits per heavy atom. The van der Waals surface area contributed by atoms with Gasteiger partial charge >= 0.3 is 0 Å². The molecule has 0 saturated heterocycles. The summed E-state index contributed by atoms with van der Waals surface area (Å²) in [6.07, 6.45) is 1.32. The van der Waals surface area contributed by atoms with Crippen molar-refractivity contribution in [2.45, 2.75) is 12.8 Å². The topological polar surface area (TPSA) is 83.8 Å². The zero-order chi connectivity index (χ0) is 11.8. The van der Waals surface area contributed by atoms with Crippen LogP contribution in [0.15, 0.2) is 24.3 Å². The van der Waals surface area contributed by atoms with E-state index >= 15 is 0 Å². The monoisotopic (exact) mass is 228 g/mol. The van der Waals surface area contributed by atoms with Gasteiger partial charge in [-0.15, -0.1) is 0 Å². The summed E-state index contributed by atoms with van der Waals surface area (Å²) in [6.45, 7) is 0. The highest BCUT2D eigenvalue weighted by Gasteiger charge is 2.18. The Kier molecular flexibility index (Phi) is 2.11. The molecule has 3 rings (SSSR count). The summed E-state index contributed by atoms with van der Waals surface area (Å²) in [5.41, 5.74) is 9.36. The van der Waals surface area contributed by atoms with Crippen LogP contribution >= 0.6 is 0 Å². The number of aromatic nitrogens is 2. The third-order valence-corrected chi connectivity index (χ3v) is 2.92. The molecule has 2 aromatic rings. The van der Waals surface area contributed by atoms with Crippen molar-refractivity contribution in [2.24, 2.45) is 0 Å². The number of nitrogens with zero attached hydrogens (tertiary/aromatic N) is 1. The number of para-hydroxylation sites is 1. The molecule has 1 aliphatic rings. The largest absolute Gasteiger partial charge is 0.382 e. The number of hydrogen-bond acceptors (Lipinski definition) is 3. The highest BCUT2D eigenvalue weighted by molar-refractivity contribution is 5.98. The van der Waals surface area contributed by atoms with Crippen molar-refractivity contribution in [2.75, 3.05) is 11.1 Å². The van der Waals surface area contributed by atoms with Crippen LogP contribution in [0.3, 0.4) is 0 Å². The second-order valence-electron chi connectivity index (χ2n) is 4.09. The molecule has 0 saturated carbocycles. The number of anilines is 2. The first-order valence-corrected chi connectivity index (χ1v) is 5.47. The van der Waals surface area contributed by atoms with E-state index in [-0.39, 0.29) is 5.91 Å². The van der Waals surface area contributed by atoms with Gasteiger partial charge in [0.25, 0.3) is 0 Å². The number of hydrogen-bond donors (Lipinski definition) is 3. The molecule has 5 heteroatoms. The van der Waals surface area contributed by atoms with Crippen molar-refractivity contribution in [3.05, 3.63) is 29.8 Å². The summed E-state index contributed by atoms with van der Waals surface area (Å²) in [7, 11) is 0. The fourth-order valence-electron chi connectivity index (χ4n) is 2.11. The predicted octanol–water partition coefficient (Wildman–Crippen LogP) is 1.54. The lowest BCUT2D eigenvalue weighted by molar-refractivity contribution is -0.116. The maximum absolute atomic E-state index is 11.5. The lowest BCUT2D eigenvalue weighted by Crippen LogP contribution is -2.19. The number of fused-ring (bicyclic) bond motifs is 1. The molecule has 0 spiro atoms. The van der Waals surface area contributed by atoms with E-state index in [1.807, 2.05) is 18.2 Å². The average Bonchev–Trinajstić information content (AvgIpc) is 2.75. The summed E-state index contributed by atoms with van der Waals surface area (Å²) in [4.78, 5) is 11.5. The minimum Gasteiger partial charge on any atom is -0.382 e. The van der Waals surface area contributed by atoms with Crippen molar-refractivity contribution in [3.63, 3.8) is 0 Å². The minimum absolute atomic E-state index is 0.0532. The summed E-state index contributed by atoms with van der Waals surface area (Å²) in [5, 5.41) is 9.67. The van der Waals surface area contributed by atoms with Crippen LogP contribution in [0.2, 0.25) is 0 Å². The van der Waals surface area contributed by atoms with E-state index in [0.717, 1.165) is 28.9 Å². The van der Waals surface area contributed by atoms with Crippen LogP contribution in [0.1, 0.15) is 12.0 Å². The minimum atomic E-state index is 0.0532. The molecular weight excluding hydrogens is 216 g/mol. The maximum atomic E-state index is 11.5. The van der Waals surface area contributed by atoms with Crippen molar-refractivity contribution < 1.29 is 4.79 Å². The molecule has 0 atom stereocenters. The lowest BCUT2D eigenvalue weighted by Gasteiger charge is -2.19. The third kappa shape index (κ3) is 1.65. The van der Waals surface area contributed by atoms with Crippen LogP contribution in [0.4, 0.5) is 11.5 Å². The smallest absolute Gasteiger partial charge is 0.224 e. The van der Waals surface area contributed by atoms with Crippen molar-refractivity contribution in [1.29, 1.82) is 0 Å². The molecule has 1 aliphatic heterocycles. The normalized spacial score (nSPS) is 14.2. The fraction of sp³-hybridized carbons (Fsp3) is 0.167. The van der Waals surface area contributed by atoms with Crippen LogP contribution in [0.5, 0.6) is 0 Å². The van der Waals surface area contributed by atoms with Crippen LogP contribution in [0, 0.1) is 0 Å². The van der Waals surface area contributed by atoms with Crippen molar-refractivity contribution >= 4 is 17.4 Å². The molecule has 0 aliphatic carbocycles. The number of amides is 1. The standard InChI is InChI=1S/C12H12N4O/c13-10-6-9(15-16-10)8-3-1-2-7-4-5-11(17)14-12(7)8/h1-3,6H,4-5H2,(H,14,17)(H3,13,15,16). The Balaban J connectivity index is 2.14. The third-order valence-electron chi connectivity index (χ3n) is 2.92. The number of nitrogens with one attached hydrogen (secondary N) is 2. The number of nitrogen functional groups attached to an aromatic ring is 1. The molecule has 1 amide bonds. The van der Waals surface area contributed by atoms with Gasteiger partial charge in [-0.1, -0.05) is 18.2 Å². The Morgan fingerprint density at radius 1 is 1.29 bits per heavy atom. The van der Waals surface area contributed by atoms with Gasteiger partial charge in [0.1, 0.15) is 5.82 Å². The first-order chi connectivity index (χ1) is 8.24. The molecule has 5 nitrogen and oxygen atoms in total. The van der Waals surface area contributed by atoms with E-state index < -0.39 is 0 Å². The molecule has 4 N–H and O–H groups in total. The summed E-state index contributed by atoms with van der Waals surface area (Å²) in [5.74, 6) is 0.497. The highest BCUT2D eigenvalue weighted by Crippen LogP contribution is 2.33. The molecule has 86 valence electrons. The SMILES string of the molecule is Nc1cc(-c2cccc3c2NC(=O)CC3)[nH]n1. The molecular formula is C12H12N4O. The van der Waals surface area contributed by atoms with Gasteiger partial charge in [0.2, 0.25) is 5.91 Å². The predicted molar refractivity (Wildman–Crippen MR) is 65.4 cm³/mol. The second-order valence-corrected chi connectivity index (χ2v) is 4.09. The number of H-pyrrole nitrogens is 1. The van der Waals surface area contributed by atoms with E-state index in [4.69, 9.17) is 5.73 Å². The zero-order valence-electron chi connectivity index (χ0n) is 9.16. The van der Waals surface area contributed by atoms with Gasteiger partial charge in [-0.2, -0.15) is 5.10 Å². The molecule has 0 bridgehead atoms. The number of aromatic amines is 1. The molecule has 0 radical (unpaired) electrons. The molecule has 0 unspecified atom stereocenters. The number of aryl methyl sites for hydroxylation is 1. The Hall–Kier alpha value is -2.30. The first kappa shape index (κ1) is 9.89. The Bertz CT molecular complexity index is 588. The molecule has 1 aromatic carbocycles. The number of rotatable bonds is 1. The fourth-order valence-corrected chi connectivity index (χ4v) is 2.11.